The Kier molecular flexibility index (Phi) is 2.44. The smallest absolute Gasteiger partial charge is 0.339 e. The van der Waals surface area contributed by atoms with E-state index in [1.165, 1.54) is 12.1 Å². The molecule has 0 saturated carbocycles. The lowest BCUT2D eigenvalue weighted by molar-refractivity contribution is 0.0693. The van der Waals surface area contributed by atoms with Gasteiger partial charge in [-0.15, -0.1) is 12.6 Å². The van der Waals surface area contributed by atoms with Crippen LogP contribution in [-0.4, -0.2) is 16.2 Å². The second-order valence-corrected chi connectivity index (χ2v) is 2.75. The number of carboxylic acid groups (broad SMARTS) is 1. The molecule has 0 heterocycles. The van der Waals surface area contributed by atoms with Crippen LogP contribution >= 0.6 is 12.6 Å². The van der Waals surface area contributed by atoms with Crippen molar-refractivity contribution in [2.75, 3.05) is 0 Å². The molecule has 2 N–H and O–H groups in total. The molecule has 0 radical (unpaired) electrons. The first-order valence-corrected chi connectivity index (χ1v) is 3.71. The maximum Gasteiger partial charge on any atom is 0.339 e. The lowest BCUT2D eigenvalue weighted by Gasteiger charge is -2.02. The third kappa shape index (κ3) is 1.58. The number of thiol groups is 1. The second kappa shape index (κ2) is 3.37. The molecule has 1 rings (SSSR count). The van der Waals surface area contributed by atoms with E-state index < -0.39 is 11.7 Å². The summed E-state index contributed by atoms with van der Waals surface area (Å²) in [7, 11) is 0. The average molecular weight is 195 g/mol. The van der Waals surface area contributed by atoms with Gasteiger partial charge in [0.25, 0.3) is 0 Å². The van der Waals surface area contributed by atoms with E-state index in [1.54, 1.807) is 6.07 Å². The standard InChI is InChI=1S/C8H5NO3S/c9-3-5-6(13)2-1-4(7(5)10)8(11)12/h1-2,10,13H,(H,11,12). The summed E-state index contributed by atoms with van der Waals surface area (Å²) in [6.45, 7) is 0. The number of nitriles is 1. The van der Waals surface area contributed by atoms with Crippen LogP contribution in [0.1, 0.15) is 15.9 Å². The number of hydrogen-bond acceptors (Lipinski definition) is 4. The summed E-state index contributed by atoms with van der Waals surface area (Å²) >= 11 is 3.89. The molecule has 0 saturated heterocycles. The topological polar surface area (TPSA) is 81.3 Å². The molecule has 0 aromatic heterocycles. The van der Waals surface area contributed by atoms with E-state index in [9.17, 15) is 9.90 Å². The van der Waals surface area contributed by atoms with Gasteiger partial charge in [-0.25, -0.2) is 4.79 Å². The maximum atomic E-state index is 10.5. The normalized spacial score (nSPS) is 9.23. The van der Waals surface area contributed by atoms with Crippen molar-refractivity contribution < 1.29 is 15.0 Å². The molecular weight excluding hydrogens is 190 g/mol. The number of aromatic hydroxyl groups is 1. The van der Waals surface area contributed by atoms with Crippen molar-refractivity contribution in [2.24, 2.45) is 0 Å². The Balaban J connectivity index is 3.47. The highest BCUT2D eigenvalue weighted by Crippen LogP contribution is 2.27. The summed E-state index contributed by atoms with van der Waals surface area (Å²) in [6.07, 6.45) is 0. The van der Waals surface area contributed by atoms with Crippen LogP contribution in [0.5, 0.6) is 5.75 Å². The van der Waals surface area contributed by atoms with Crippen molar-refractivity contribution in [1.82, 2.24) is 0 Å². The first-order valence-electron chi connectivity index (χ1n) is 3.26. The zero-order chi connectivity index (χ0) is 10.0. The maximum absolute atomic E-state index is 10.5. The fraction of sp³-hybridized carbons (Fsp3) is 0. The van der Waals surface area contributed by atoms with E-state index in [4.69, 9.17) is 10.4 Å². The van der Waals surface area contributed by atoms with Crippen LogP contribution in [0.25, 0.3) is 0 Å². The van der Waals surface area contributed by atoms with Gasteiger partial charge in [0.2, 0.25) is 0 Å². The molecule has 0 bridgehead atoms. The molecule has 4 nitrogen and oxygen atoms in total. The predicted octanol–water partition coefficient (Wildman–Crippen LogP) is 1.25. The van der Waals surface area contributed by atoms with Crippen molar-refractivity contribution in [3.05, 3.63) is 23.3 Å². The first-order chi connectivity index (χ1) is 6.07. The van der Waals surface area contributed by atoms with E-state index in [-0.39, 0.29) is 16.0 Å². The Morgan fingerprint density at radius 2 is 2.15 bits per heavy atom. The number of carboxylic acids is 1. The highest BCUT2D eigenvalue weighted by molar-refractivity contribution is 7.80. The quantitative estimate of drug-likeness (QED) is 0.589. The van der Waals surface area contributed by atoms with Crippen LogP contribution in [0.4, 0.5) is 0 Å². The molecule has 5 heteroatoms. The number of hydrogen-bond donors (Lipinski definition) is 3. The molecule has 0 amide bonds. The van der Waals surface area contributed by atoms with E-state index in [1.807, 2.05) is 0 Å². The predicted molar refractivity (Wildman–Crippen MR) is 47.0 cm³/mol. The number of carbonyl (C=O) groups is 1. The van der Waals surface area contributed by atoms with Gasteiger partial charge in [0, 0.05) is 4.90 Å². The van der Waals surface area contributed by atoms with Crippen molar-refractivity contribution in [2.45, 2.75) is 4.90 Å². The van der Waals surface area contributed by atoms with E-state index >= 15 is 0 Å². The van der Waals surface area contributed by atoms with Crippen molar-refractivity contribution in [3.63, 3.8) is 0 Å². The number of phenols is 1. The largest absolute Gasteiger partial charge is 0.506 e. The van der Waals surface area contributed by atoms with Crippen molar-refractivity contribution in [1.29, 1.82) is 5.26 Å². The van der Waals surface area contributed by atoms with Crippen LogP contribution in [0.3, 0.4) is 0 Å². The summed E-state index contributed by atoms with van der Waals surface area (Å²) in [4.78, 5) is 10.8. The molecular formula is C8H5NO3S. The third-order valence-corrected chi connectivity index (χ3v) is 1.87. The van der Waals surface area contributed by atoms with Gasteiger partial charge in [-0.05, 0) is 12.1 Å². The molecule has 0 aliphatic carbocycles. The molecule has 0 aliphatic heterocycles. The zero-order valence-electron chi connectivity index (χ0n) is 6.35. The summed E-state index contributed by atoms with van der Waals surface area (Å²) in [5, 5.41) is 26.4. The minimum atomic E-state index is -1.28. The number of aromatic carboxylic acids is 1. The van der Waals surface area contributed by atoms with Crippen molar-refractivity contribution in [3.8, 4) is 11.8 Å². The summed E-state index contributed by atoms with van der Waals surface area (Å²) in [5.74, 6) is -1.81. The van der Waals surface area contributed by atoms with Gasteiger partial charge in [0.15, 0.2) is 0 Å². The Labute approximate surface area is 79.5 Å². The van der Waals surface area contributed by atoms with Gasteiger partial charge in [-0.1, -0.05) is 0 Å². The first kappa shape index (κ1) is 9.42. The zero-order valence-corrected chi connectivity index (χ0v) is 7.25. The fourth-order valence-electron chi connectivity index (χ4n) is 0.863. The molecule has 0 spiro atoms. The molecule has 0 atom stereocenters. The van der Waals surface area contributed by atoms with E-state index in [0.29, 0.717) is 0 Å². The van der Waals surface area contributed by atoms with Crippen LogP contribution in [0, 0.1) is 11.3 Å². The minimum absolute atomic E-state index is 0.122. The molecule has 0 unspecified atom stereocenters. The van der Waals surface area contributed by atoms with Crippen LogP contribution < -0.4 is 0 Å². The van der Waals surface area contributed by atoms with Gasteiger partial charge in [0.05, 0.1) is 0 Å². The molecule has 0 fully saturated rings. The Bertz CT molecular complexity index is 409. The highest BCUT2D eigenvalue weighted by atomic mass is 32.1. The monoisotopic (exact) mass is 195 g/mol. The molecule has 1 aromatic rings. The molecule has 13 heavy (non-hydrogen) atoms. The van der Waals surface area contributed by atoms with Crippen LogP contribution in [0.15, 0.2) is 17.0 Å². The SMILES string of the molecule is N#Cc1c(S)ccc(C(=O)O)c1O. The highest BCUT2D eigenvalue weighted by Gasteiger charge is 2.14. The van der Waals surface area contributed by atoms with Gasteiger partial charge in [-0.2, -0.15) is 5.26 Å². The fourth-order valence-corrected chi connectivity index (χ4v) is 1.09. The van der Waals surface area contributed by atoms with Crippen molar-refractivity contribution >= 4 is 18.6 Å². The van der Waals surface area contributed by atoms with Crippen LogP contribution in [-0.2, 0) is 0 Å². The molecule has 1 aromatic carbocycles. The Hall–Kier alpha value is -1.67. The van der Waals surface area contributed by atoms with Gasteiger partial charge in [0.1, 0.15) is 22.9 Å². The third-order valence-electron chi connectivity index (χ3n) is 1.50. The average Bonchev–Trinajstić information content (AvgIpc) is 2.04. The lowest BCUT2D eigenvalue weighted by Crippen LogP contribution is -1.98. The molecule has 0 aliphatic rings. The number of nitrogens with zero attached hydrogens (tertiary/aromatic N) is 1. The number of benzene rings is 1. The number of rotatable bonds is 1. The summed E-state index contributed by atoms with van der Waals surface area (Å²) in [6, 6.07) is 4.22. The second-order valence-electron chi connectivity index (χ2n) is 2.27. The van der Waals surface area contributed by atoms with Gasteiger partial charge < -0.3 is 10.2 Å². The van der Waals surface area contributed by atoms with Gasteiger partial charge >= 0.3 is 5.97 Å². The Morgan fingerprint density at radius 1 is 1.54 bits per heavy atom. The van der Waals surface area contributed by atoms with E-state index in [2.05, 4.69) is 12.6 Å². The van der Waals surface area contributed by atoms with Gasteiger partial charge in [-0.3, -0.25) is 0 Å². The summed E-state index contributed by atoms with van der Waals surface area (Å²) < 4.78 is 0. The van der Waals surface area contributed by atoms with Crippen LogP contribution in [0.2, 0.25) is 0 Å². The Morgan fingerprint density at radius 3 is 2.62 bits per heavy atom. The molecule has 66 valence electrons. The van der Waals surface area contributed by atoms with E-state index in [0.717, 1.165) is 0 Å². The lowest BCUT2D eigenvalue weighted by atomic mass is 10.1. The minimum Gasteiger partial charge on any atom is -0.506 e. The summed E-state index contributed by atoms with van der Waals surface area (Å²) in [5.41, 5.74) is -0.419.